The van der Waals surface area contributed by atoms with E-state index in [1.165, 1.54) is 10.8 Å². The first-order chi connectivity index (χ1) is 15.0. The number of nitrogens with one attached hydrogen (secondary N) is 2. The molecule has 4 rings (SSSR count). The Labute approximate surface area is 203 Å². The van der Waals surface area contributed by atoms with Gasteiger partial charge in [-0.1, -0.05) is 36.4 Å². The van der Waals surface area contributed by atoms with Gasteiger partial charge in [0.05, 0.1) is 6.20 Å². The van der Waals surface area contributed by atoms with Gasteiger partial charge in [-0.3, -0.25) is 14.2 Å². The quantitative estimate of drug-likeness (QED) is 0.461. The number of ether oxygens (including phenoxy) is 1. The zero-order valence-electron chi connectivity index (χ0n) is 18.0. The summed E-state index contributed by atoms with van der Waals surface area (Å²) in [4.78, 5) is 34.1. The average Bonchev–Trinajstić information content (AvgIpc) is 3.20. The number of pyridine rings is 1. The molecule has 0 bridgehead atoms. The molecule has 11 heteroatoms. The Balaban J connectivity index is 0.00000193. The Morgan fingerprint density at radius 1 is 1.21 bits per heavy atom. The van der Waals surface area contributed by atoms with Gasteiger partial charge >= 0.3 is 0 Å². The summed E-state index contributed by atoms with van der Waals surface area (Å²) in [5.74, 6) is 0.598. The number of rotatable bonds is 7. The summed E-state index contributed by atoms with van der Waals surface area (Å²) in [6.07, 6.45) is 2.21. The highest BCUT2D eigenvalue weighted by Crippen LogP contribution is 2.23. The van der Waals surface area contributed by atoms with Gasteiger partial charge in [0.1, 0.15) is 12.4 Å². The number of carbonyl (C=O) groups excluding carboxylic acids is 1. The van der Waals surface area contributed by atoms with Crippen LogP contribution in [-0.2, 0) is 17.8 Å². The number of nitrogen functional groups attached to an aromatic ring is 1. The number of fused-ring (bicyclic) bond motifs is 1. The molecule has 9 nitrogen and oxygen atoms in total. The molecule has 1 amide bonds. The van der Waals surface area contributed by atoms with Crippen LogP contribution in [0, 0.1) is 6.92 Å². The summed E-state index contributed by atoms with van der Waals surface area (Å²) in [7, 11) is 0. The largest absolute Gasteiger partial charge is 0.475 e. The van der Waals surface area contributed by atoms with Gasteiger partial charge < -0.3 is 21.1 Å². The van der Waals surface area contributed by atoms with Crippen LogP contribution in [0.25, 0.3) is 0 Å². The number of benzene rings is 1. The van der Waals surface area contributed by atoms with Crippen LogP contribution in [0.1, 0.15) is 22.9 Å². The first-order valence-corrected chi connectivity index (χ1v) is 10.0. The van der Waals surface area contributed by atoms with Crippen LogP contribution in [-0.4, -0.2) is 33.6 Å². The van der Waals surface area contributed by atoms with Crippen molar-refractivity contribution in [3.63, 3.8) is 0 Å². The summed E-state index contributed by atoms with van der Waals surface area (Å²) in [6.45, 7) is 2.74. The average molecular weight is 493 g/mol. The zero-order valence-corrected chi connectivity index (χ0v) is 19.6. The molecule has 2 aromatic heterocycles. The zero-order chi connectivity index (χ0) is 21.8. The molecule has 1 aromatic carbocycles. The number of aromatic nitrogens is 3. The molecular formula is C22H26Cl2N6O3. The van der Waals surface area contributed by atoms with Crippen molar-refractivity contribution >= 4 is 42.4 Å². The molecular weight excluding hydrogens is 467 g/mol. The number of halogens is 2. The highest BCUT2D eigenvalue weighted by Gasteiger charge is 2.32. The minimum Gasteiger partial charge on any atom is -0.475 e. The van der Waals surface area contributed by atoms with E-state index in [0.29, 0.717) is 12.4 Å². The normalized spacial score (nSPS) is 13.7. The fourth-order valence-corrected chi connectivity index (χ4v) is 3.47. The van der Waals surface area contributed by atoms with Gasteiger partial charge in [0, 0.05) is 18.8 Å². The fourth-order valence-electron chi connectivity index (χ4n) is 3.47. The van der Waals surface area contributed by atoms with E-state index in [1.54, 1.807) is 6.07 Å². The van der Waals surface area contributed by atoms with E-state index in [9.17, 15) is 9.59 Å². The number of amides is 1. The van der Waals surface area contributed by atoms with Crippen LogP contribution in [0.4, 0.5) is 11.6 Å². The maximum Gasteiger partial charge on any atom is 0.296 e. The van der Waals surface area contributed by atoms with Crippen LogP contribution in [0.15, 0.2) is 53.5 Å². The molecule has 0 saturated carbocycles. The van der Waals surface area contributed by atoms with Gasteiger partial charge in [0.2, 0.25) is 11.8 Å². The van der Waals surface area contributed by atoms with Gasteiger partial charge in [-0.25, -0.2) is 9.97 Å². The van der Waals surface area contributed by atoms with Gasteiger partial charge in [-0.05, 0) is 30.5 Å². The van der Waals surface area contributed by atoms with Gasteiger partial charge in [0.25, 0.3) is 5.56 Å². The summed E-state index contributed by atoms with van der Waals surface area (Å²) in [5, 5.41) is 5.92. The second-order valence-electron chi connectivity index (χ2n) is 7.31. The third-order valence-electron chi connectivity index (χ3n) is 5.19. The summed E-state index contributed by atoms with van der Waals surface area (Å²) >= 11 is 0. The third kappa shape index (κ3) is 5.94. The SMILES string of the molecule is Cc1nc(N)ccc1CNC(=O)[C@@H]1COc2cnc(NCCc3ccccc3)c(=O)n21.Cl.Cl. The van der Waals surface area contributed by atoms with Crippen molar-refractivity contribution in [3.05, 3.63) is 75.8 Å². The topological polar surface area (TPSA) is 124 Å². The van der Waals surface area contributed by atoms with Crippen molar-refractivity contribution < 1.29 is 9.53 Å². The van der Waals surface area contributed by atoms with Crippen molar-refractivity contribution in [2.45, 2.75) is 25.9 Å². The lowest BCUT2D eigenvalue weighted by molar-refractivity contribution is -0.124. The lowest BCUT2D eigenvalue weighted by Gasteiger charge is -2.14. The number of nitrogens with zero attached hydrogens (tertiary/aromatic N) is 3. The number of anilines is 2. The summed E-state index contributed by atoms with van der Waals surface area (Å²) < 4.78 is 6.86. The molecule has 3 aromatic rings. The van der Waals surface area contributed by atoms with E-state index < -0.39 is 6.04 Å². The third-order valence-corrected chi connectivity index (χ3v) is 5.19. The lowest BCUT2D eigenvalue weighted by atomic mass is 10.1. The van der Waals surface area contributed by atoms with E-state index in [0.717, 1.165) is 23.2 Å². The van der Waals surface area contributed by atoms with E-state index in [4.69, 9.17) is 10.5 Å². The molecule has 1 atom stereocenters. The van der Waals surface area contributed by atoms with Gasteiger partial charge in [-0.2, -0.15) is 0 Å². The first-order valence-electron chi connectivity index (χ1n) is 10.0. The lowest BCUT2D eigenvalue weighted by Crippen LogP contribution is -2.37. The minimum atomic E-state index is -0.762. The van der Waals surface area contributed by atoms with E-state index in [-0.39, 0.29) is 61.1 Å². The first kappa shape index (κ1) is 26.0. The smallest absolute Gasteiger partial charge is 0.296 e. The van der Waals surface area contributed by atoms with Crippen LogP contribution in [0.2, 0.25) is 0 Å². The monoisotopic (exact) mass is 492 g/mol. The number of carbonyl (C=O) groups is 1. The second-order valence-corrected chi connectivity index (χ2v) is 7.31. The van der Waals surface area contributed by atoms with Crippen LogP contribution >= 0.6 is 24.8 Å². The Morgan fingerprint density at radius 2 is 1.97 bits per heavy atom. The van der Waals surface area contributed by atoms with Crippen molar-refractivity contribution in [2.75, 3.05) is 24.2 Å². The molecule has 0 aliphatic carbocycles. The number of hydrogen-bond donors (Lipinski definition) is 3. The van der Waals surface area contributed by atoms with Crippen molar-refractivity contribution in [1.82, 2.24) is 19.9 Å². The number of aryl methyl sites for hydroxylation is 1. The van der Waals surface area contributed by atoms with Crippen molar-refractivity contribution in [1.29, 1.82) is 0 Å². The molecule has 4 N–H and O–H groups in total. The second kappa shape index (κ2) is 11.5. The van der Waals surface area contributed by atoms with Gasteiger partial charge in [0.15, 0.2) is 11.9 Å². The molecule has 1 aliphatic heterocycles. The predicted molar refractivity (Wildman–Crippen MR) is 131 cm³/mol. The number of hydrogen-bond acceptors (Lipinski definition) is 7. The molecule has 0 unspecified atom stereocenters. The molecule has 33 heavy (non-hydrogen) atoms. The predicted octanol–water partition coefficient (Wildman–Crippen LogP) is 2.28. The minimum absolute atomic E-state index is 0. The Morgan fingerprint density at radius 3 is 2.70 bits per heavy atom. The standard InChI is InChI=1S/C22H24N6O3.2ClH/c1-14-16(7-8-18(23)27-14)11-26-21(29)17-13-31-19-12-25-20(22(30)28(17)19)24-10-9-15-5-3-2-4-6-15;;/h2-8,12,17H,9-11,13H2,1H3,(H2,23,27)(H,24,25)(H,26,29);2*1H/t17-;;/m0../s1. The molecule has 0 radical (unpaired) electrons. The summed E-state index contributed by atoms with van der Waals surface area (Å²) in [5.41, 5.74) is 8.04. The van der Waals surface area contributed by atoms with E-state index >= 15 is 0 Å². The molecule has 0 spiro atoms. The Hall–Kier alpha value is -3.30. The van der Waals surface area contributed by atoms with Crippen LogP contribution < -0.4 is 26.7 Å². The van der Waals surface area contributed by atoms with Crippen LogP contribution in [0.3, 0.4) is 0 Å². The maximum atomic E-state index is 12.9. The Kier molecular flexibility index (Phi) is 9.07. The highest BCUT2D eigenvalue weighted by molar-refractivity contribution is 5.85. The highest BCUT2D eigenvalue weighted by atomic mass is 35.5. The Bertz CT molecular complexity index is 1160. The molecule has 1 aliphatic rings. The van der Waals surface area contributed by atoms with E-state index in [2.05, 4.69) is 20.6 Å². The maximum absolute atomic E-state index is 12.9. The molecule has 0 fully saturated rings. The fraction of sp³-hybridized carbons (Fsp3) is 0.273. The van der Waals surface area contributed by atoms with Crippen molar-refractivity contribution in [2.24, 2.45) is 0 Å². The molecule has 176 valence electrons. The van der Waals surface area contributed by atoms with Crippen LogP contribution in [0.5, 0.6) is 5.88 Å². The molecule has 0 saturated heterocycles. The van der Waals surface area contributed by atoms with Gasteiger partial charge in [-0.15, -0.1) is 24.8 Å². The molecule has 3 heterocycles. The number of nitrogens with two attached hydrogens (primary N) is 1. The van der Waals surface area contributed by atoms with Crippen molar-refractivity contribution in [3.8, 4) is 5.88 Å². The van der Waals surface area contributed by atoms with E-state index in [1.807, 2.05) is 43.3 Å². The summed E-state index contributed by atoms with van der Waals surface area (Å²) in [6, 6.07) is 12.7.